The Hall–Kier alpha value is -3.93. The van der Waals surface area contributed by atoms with Crippen molar-refractivity contribution in [2.24, 2.45) is 0 Å². The van der Waals surface area contributed by atoms with Crippen molar-refractivity contribution in [1.82, 2.24) is 0 Å². The van der Waals surface area contributed by atoms with Crippen LogP contribution in [0.2, 0.25) is 0 Å². The molecule has 34 heavy (non-hydrogen) atoms. The van der Waals surface area contributed by atoms with Crippen molar-refractivity contribution in [3.05, 3.63) is 78.4 Å². The van der Waals surface area contributed by atoms with Gasteiger partial charge in [0.05, 0.1) is 24.5 Å². The summed E-state index contributed by atoms with van der Waals surface area (Å²) >= 11 is 0. The molecule has 0 saturated heterocycles. The van der Waals surface area contributed by atoms with Crippen LogP contribution >= 0.6 is 0 Å². The molecule has 0 spiro atoms. The molecule has 3 aromatic carbocycles. The average molecular weight is 458 g/mol. The minimum absolute atomic E-state index is 0.00646. The van der Waals surface area contributed by atoms with E-state index < -0.39 is 5.97 Å². The van der Waals surface area contributed by atoms with Gasteiger partial charge in [-0.2, -0.15) is 0 Å². The summed E-state index contributed by atoms with van der Waals surface area (Å²) in [7, 11) is 1.79. The number of esters is 2. The van der Waals surface area contributed by atoms with E-state index in [1.165, 1.54) is 0 Å². The number of amides is 1. The van der Waals surface area contributed by atoms with Crippen molar-refractivity contribution in [2.45, 2.75) is 25.7 Å². The molecule has 174 valence electrons. The zero-order valence-electron chi connectivity index (χ0n) is 19.2. The van der Waals surface area contributed by atoms with Crippen LogP contribution < -0.4 is 4.90 Å². The van der Waals surface area contributed by atoms with Gasteiger partial charge in [0.15, 0.2) is 0 Å². The van der Waals surface area contributed by atoms with Gasteiger partial charge in [-0.1, -0.05) is 36.9 Å². The molecule has 0 bridgehead atoms. The molecule has 0 saturated carbocycles. The summed E-state index contributed by atoms with van der Waals surface area (Å²) in [6.45, 7) is 4.08. The van der Waals surface area contributed by atoms with Crippen LogP contribution in [0.15, 0.2) is 67.3 Å². The Morgan fingerprint density at radius 3 is 2.26 bits per heavy atom. The van der Waals surface area contributed by atoms with Crippen molar-refractivity contribution in [3.63, 3.8) is 0 Å². The van der Waals surface area contributed by atoms with E-state index in [9.17, 15) is 14.4 Å². The van der Waals surface area contributed by atoms with Crippen molar-refractivity contribution >= 4 is 34.3 Å². The molecule has 0 unspecified atom stereocenters. The average Bonchev–Trinajstić information content (AvgIpc) is 3.12. The molecule has 0 aliphatic carbocycles. The summed E-state index contributed by atoms with van der Waals surface area (Å²) < 4.78 is 10.3. The lowest BCUT2D eigenvalue weighted by atomic mass is 9.95. The maximum atomic E-state index is 12.5. The summed E-state index contributed by atoms with van der Waals surface area (Å²) in [6, 6.07) is 17.1. The lowest BCUT2D eigenvalue weighted by Gasteiger charge is -2.11. The molecule has 0 atom stereocenters. The van der Waals surface area contributed by atoms with Crippen molar-refractivity contribution in [2.75, 3.05) is 25.2 Å². The maximum Gasteiger partial charge on any atom is 0.338 e. The molecule has 1 heterocycles. The molecular weight excluding hydrogens is 430 g/mol. The van der Waals surface area contributed by atoms with Crippen LogP contribution in [0.1, 0.15) is 46.4 Å². The molecular formula is C28H27NO5. The normalized spacial score (nSPS) is 12.1. The summed E-state index contributed by atoms with van der Waals surface area (Å²) in [5, 5.41) is 1.98. The first-order valence-corrected chi connectivity index (χ1v) is 11.4. The van der Waals surface area contributed by atoms with Crippen LogP contribution in [0.3, 0.4) is 0 Å². The second kappa shape index (κ2) is 10.3. The number of benzene rings is 3. The second-order valence-corrected chi connectivity index (χ2v) is 8.22. The number of carbonyl (C=O) groups is 3. The van der Waals surface area contributed by atoms with Crippen molar-refractivity contribution < 1.29 is 23.9 Å². The quantitative estimate of drug-likeness (QED) is 0.227. The summed E-state index contributed by atoms with van der Waals surface area (Å²) in [5.74, 6) is -0.748. The first-order chi connectivity index (χ1) is 16.5. The third kappa shape index (κ3) is 4.71. The van der Waals surface area contributed by atoms with Crippen molar-refractivity contribution in [1.29, 1.82) is 0 Å². The highest BCUT2D eigenvalue weighted by Gasteiger charge is 2.27. The first kappa shape index (κ1) is 23.2. The third-order valence-electron chi connectivity index (χ3n) is 6.03. The van der Waals surface area contributed by atoms with E-state index >= 15 is 0 Å². The van der Waals surface area contributed by atoms with Gasteiger partial charge in [-0.25, -0.2) is 9.59 Å². The van der Waals surface area contributed by atoms with E-state index in [0.717, 1.165) is 64.9 Å². The molecule has 0 aromatic heterocycles. The van der Waals surface area contributed by atoms with Crippen LogP contribution in [0, 0.1) is 0 Å². The van der Waals surface area contributed by atoms with Gasteiger partial charge >= 0.3 is 11.9 Å². The van der Waals surface area contributed by atoms with Gasteiger partial charge in [0.2, 0.25) is 0 Å². The Morgan fingerprint density at radius 2 is 1.56 bits per heavy atom. The van der Waals surface area contributed by atoms with Crippen LogP contribution in [0.25, 0.3) is 21.9 Å². The SMILES string of the molecule is C=CC(=O)OCCCCCCOC(=O)c1ccc(-c2ccc3c4c(cccc24)N(C)C3=O)cc1. The van der Waals surface area contributed by atoms with E-state index in [1.54, 1.807) is 24.1 Å². The van der Waals surface area contributed by atoms with Crippen LogP contribution in [-0.4, -0.2) is 38.1 Å². The Kier molecular flexibility index (Phi) is 7.07. The summed E-state index contributed by atoms with van der Waals surface area (Å²) in [6.07, 6.45) is 4.47. The predicted molar refractivity (Wildman–Crippen MR) is 132 cm³/mol. The maximum absolute atomic E-state index is 12.5. The Balaban J connectivity index is 1.33. The lowest BCUT2D eigenvalue weighted by Crippen LogP contribution is -2.20. The van der Waals surface area contributed by atoms with E-state index in [4.69, 9.17) is 9.47 Å². The number of unbranched alkanes of at least 4 members (excludes halogenated alkanes) is 3. The molecule has 6 heteroatoms. The van der Waals surface area contributed by atoms with Gasteiger partial charge in [-0.15, -0.1) is 0 Å². The highest BCUT2D eigenvalue weighted by Crippen LogP contribution is 2.40. The number of hydrogen-bond donors (Lipinski definition) is 0. The predicted octanol–water partition coefficient (Wildman–Crippen LogP) is 5.54. The largest absolute Gasteiger partial charge is 0.463 e. The van der Waals surface area contributed by atoms with Gasteiger partial charge in [0.25, 0.3) is 5.91 Å². The number of anilines is 1. The van der Waals surface area contributed by atoms with Crippen LogP contribution in [0.5, 0.6) is 0 Å². The number of rotatable bonds is 10. The van der Waals surface area contributed by atoms with Gasteiger partial charge in [0.1, 0.15) is 0 Å². The molecule has 6 nitrogen and oxygen atoms in total. The fourth-order valence-electron chi connectivity index (χ4n) is 4.21. The highest BCUT2D eigenvalue weighted by atomic mass is 16.5. The summed E-state index contributed by atoms with van der Waals surface area (Å²) in [5.41, 5.74) is 4.12. The van der Waals surface area contributed by atoms with E-state index in [2.05, 4.69) is 6.58 Å². The van der Waals surface area contributed by atoms with Gasteiger partial charge < -0.3 is 14.4 Å². The van der Waals surface area contributed by atoms with Crippen molar-refractivity contribution in [3.8, 4) is 11.1 Å². The molecule has 1 aliphatic heterocycles. The lowest BCUT2D eigenvalue weighted by molar-refractivity contribution is -0.137. The number of nitrogens with zero attached hydrogens (tertiary/aromatic N) is 1. The zero-order valence-corrected chi connectivity index (χ0v) is 19.2. The molecule has 1 aliphatic rings. The zero-order chi connectivity index (χ0) is 24.1. The number of ether oxygens (including phenoxy) is 2. The van der Waals surface area contributed by atoms with Gasteiger partial charge in [-0.05, 0) is 66.5 Å². The van der Waals surface area contributed by atoms with E-state index in [-0.39, 0.29) is 11.9 Å². The smallest absolute Gasteiger partial charge is 0.338 e. The molecule has 0 N–H and O–H groups in total. The van der Waals surface area contributed by atoms with Crippen LogP contribution in [-0.2, 0) is 14.3 Å². The summed E-state index contributed by atoms with van der Waals surface area (Å²) in [4.78, 5) is 37.5. The molecule has 3 aromatic rings. The number of hydrogen-bond acceptors (Lipinski definition) is 5. The molecule has 0 fully saturated rings. The Morgan fingerprint density at radius 1 is 0.882 bits per heavy atom. The highest BCUT2D eigenvalue weighted by molar-refractivity contribution is 6.26. The fourth-order valence-corrected chi connectivity index (χ4v) is 4.21. The molecule has 1 amide bonds. The Labute approximate surface area is 198 Å². The standard InChI is InChI=1S/C28H27NO5/c1-3-25(30)33-17-6-4-5-7-18-34-28(32)20-13-11-19(12-14-20)21-15-16-23-26-22(21)9-8-10-24(26)29(2)27(23)31/h3,8-16H,1,4-7,17-18H2,2H3. The van der Waals surface area contributed by atoms with Crippen LogP contribution in [0.4, 0.5) is 5.69 Å². The van der Waals surface area contributed by atoms with E-state index in [1.807, 2.05) is 42.5 Å². The van der Waals surface area contributed by atoms with Gasteiger partial charge in [0, 0.05) is 24.1 Å². The minimum atomic E-state index is -0.406. The van der Waals surface area contributed by atoms with Gasteiger partial charge in [-0.3, -0.25) is 4.79 Å². The minimum Gasteiger partial charge on any atom is -0.463 e. The Bertz CT molecular complexity index is 1250. The van der Waals surface area contributed by atoms with E-state index in [0.29, 0.717) is 18.8 Å². The molecule has 0 radical (unpaired) electrons. The fraction of sp³-hybridized carbons (Fsp3) is 0.250. The monoisotopic (exact) mass is 457 g/mol. The topological polar surface area (TPSA) is 72.9 Å². The number of carbonyl (C=O) groups excluding carboxylic acids is 3. The third-order valence-corrected chi connectivity index (χ3v) is 6.03. The molecule has 4 rings (SSSR count). The second-order valence-electron chi connectivity index (χ2n) is 8.22. The first-order valence-electron chi connectivity index (χ1n) is 11.4.